The summed E-state index contributed by atoms with van der Waals surface area (Å²) < 4.78 is 33.8. The maximum Gasteiger partial charge on any atom is 0.347 e. The predicted octanol–water partition coefficient (Wildman–Crippen LogP) is 5.16. The molecule has 4 saturated heterocycles. The summed E-state index contributed by atoms with van der Waals surface area (Å²) in [6.45, 7) is 8.68. The number of hydrogen-bond acceptors (Lipinski definition) is 12. The molecule has 13 nitrogen and oxygen atoms in total. The summed E-state index contributed by atoms with van der Waals surface area (Å²) in [6, 6.07) is 4.13. The number of halogens is 2. The highest BCUT2D eigenvalue weighted by molar-refractivity contribution is 14.1. The van der Waals surface area contributed by atoms with Crippen LogP contribution in [0.5, 0.6) is 0 Å². The number of rotatable bonds is 8. The molecule has 0 radical (unpaired) electrons. The molecule has 10 rings (SSSR count). The Morgan fingerprint density at radius 3 is 2.45 bits per heavy atom. The molecule has 2 bridgehead atoms. The van der Waals surface area contributed by atoms with Gasteiger partial charge in [0.25, 0.3) is 5.60 Å². The fourth-order valence-corrected chi connectivity index (χ4v) is 15.6. The van der Waals surface area contributed by atoms with Crippen LogP contribution >= 0.6 is 45.2 Å². The van der Waals surface area contributed by atoms with Crippen molar-refractivity contribution in [3.05, 3.63) is 71.5 Å². The average Bonchev–Trinajstić information content (AvgIpc) is 3.48. The summed E-state index contributed by atoms with van der Waals surface area (Å²) in [4.78, 5) is 63.5. The Balaban J connectivity index is 1.26. The van der Waals surface area contributed by atoms with Crippen molar-refractivity contribution in [3.8, 4) is 0 Å². The van der Waals surface area contributed by atoms with Gasteiger partial charge >= 0.3 is 17.9 Å². The first-order chi connectivity index (χ1) is 29.6. The topological polar surface area (TPSA) is 148 Å². The van der Waals surface area contributed by atoms with Crippen LogP contribution in [0, 0.1) is 35.2 Å². The normalized spacial score (nSPS) is 42.0. The Morgan fingerprint density at radius 2 is 1.77 bits per heavy atom. The lowest BCUT2D eigenvalue weighted by Crippen LogP contribution is -2.73. The van der Waals surface area contributed by atoms with E-state index in [4.69, 9.17) is 23.7 Å². The number of methoxy groups -OCH3 is 3. The van der Waals surface area contributed by atoms with Crippen LogP contribution in [-0.4, -0.2) is 133 Å². The number of hydrogen-bond donors (Lipinski definition) is 1. The first-order valence-corrected chi connectivity index (χ1v) is 24.1. The first kappa shape index (κ1) is 43.2. The zero-order valence-electron chi connectivity index (χ0n) is 36.1. The van der Waals surface area contributed by atoms with Gasteiger partial charge in [0.05, 0.1) is 36.8 Å². The molecule has 9 aliphatic rings. The molecule has 1 saturated carbocycles. The van der Waals surface area contributed by atoms with Crippen LogP contribution in [0.1, 0.15) is 70.4 Å². The number of aliphatic hydroxyl groups is 1. The van der Waals surface area contributed by atoms with Crippen LogP contribution in [-0.2, 0) is 49.3 Å². The SMILES string of the molecule is CC[C@]1(O)C[C@H]2CN(CCC3=C(Cc4cc(I)c(I)cc43)[C@@](C(=O)OC)(C3C=C4C(=CC3OC)N(C=O)[C@@]35O[C@]3(C(=O)OC)[C@H](OC(C)=O)[C@]3(CC)C=CCN6CC[C@]45[C@@H]63)C2)C1. The smallest absolute Gasteiger partial charge is 0.347 e. The van der Waals surface area contributed by atoms with Crippen LogP contribution in [0.25, 0.3) is 5.57 Å². The Hall–Kier alpha value is -2.68. The maximum atomic E-state index is 15.6. The van der Waals surface area contributed by atoms with Crippen molar-refractivity contribution in [2.45, 2.75) is 101 Å². The third-order valence-corrected chi connectivity index (χ3v) is 19.6. The van der Waals surface area contributed by atoms with Crippen molar-refractivity contribution in [3.63, 3.8) is 0 Å². The fourth-order valence-electron chi connectivity index (χ4n) is 14.6. The number of fused-ring (bicyclic) bond motifs is 5. The molecule has 12 atom stereocenters. The maximum absolute atomic E-state index is 15.6. The highest BCUT2D eigenvalue weighted by Gasteiger charge is 3.00. The number of carbonyl (C=O) groups excluding carboxylic acids is 4. The van der Waals surface area contributed by atoms with Gasteiger partial charge in [-0.1, -0.05) is 32.1 Å². The lowest BCUT2D eigenvalue weighted by Gasteiger charge is -2.58. The molecule has 1 aromatic carbocycles. The number of carbonyl (C=O) groups is 4. The van der Waals surface area contributed by atoms with Gasteiger partial charge in [-0.2, -0.15) is 0 Å². The molecule has 6 aliphatic heterocycles. The second-order valence-corrected chi connectivity index (χ2v) is 21.5. The molecule has 15 heteroatoms. The summed E-state index contributed by atoms with van der Waals surface area (Å²) in [5.41, 5.74) is -1.76. The van der Waals surface area contributed by atoms with E-state index in [0.29, 0.717) is 70.3 Å². The minimum atomic E-state index is -1.86. The number of esters is 3. The summed E-state index contributed by atoms with van der Waals surface area (Å²) in [7, 11) is 4.40. The number of allylic oxidation sites excluding steroid dienone is 1. The Bertz CT molecular complexity index is 2310. The molecule has 3 aliphatic carbocycles. The molecule has 332 valence electrons. The molecule has 6 heterocycles. The van der Waals surface area contributed by atoms with E-state index in [-0.39, 0.29) is 17.9 Å². The van der Waals surface area contributed by atoms with E-state index in [0.717, 1.165) is 48.9 Å². The number of ether oxygens (including phenoxy) is 5. The zero-order chi connectivity index (χ0) is 43.9. The molecule has 1 amide bonds. The molecular formula is C47H55I2N3O10. The summed E-state index contributed by atoms with van der Waals surface area (Å²) >= 11 is 4.78. The Labute approximate surface area is 389 Å². The number of epoxide rings is 1. The minimum absolute atomic E-state index is 0.0689. The van der Waals surface area contributed by atoms with Gasteiger partial charge in [-0.25, -0.2) is 4.79 Å². The summed E-state index contributed by atoms with van der Waals surface area (Å²) in [6.07, 6.45) is 11.0. The van der Waals surface area contributed by atoms with E-state index < -0.39 is 63.2 Å². The number of benzene rings is 1. The number of likely N-dealkylation sites (tertiary alicyclic amines) is 1. The number of piperidine rings is 1. The van der Waals surface area contributed by atoms with E-state index in [9.17, 15) is 19.5 Å². The van der Waals surface area contributed by atoms with Crippen LogP contribution in [0.2, 0.25) is 0 Å². The van der Waals surface area contributed by atoms with Gasteiger partial charge in [0.2, 0.25) is 12.1 Å². The van der Waals surface area contributed by atoms with Crippen molar-refractivity contribution in [1.82, 2.24) is 14.7 Å². The summed E-state index contributed by atoms with van der Waals surface area (Å²) in [5, 5.41) is 12.1. The third kappa shape index (κ3) is 5.24. The first-order valence-electron chi connectivity index (χ1n) is 22.0. The minimum Gasteiger partial charge on any atom is -0.468 e. The molecule has 62 heavy (non-hydrogen) atoms. The van der Waals surface area contributed by atoms with Gasteiger partial charge in [0.15, 0.2) is 6.10 Å². The van der Waals surface area contributed by atoms with E-state index in [1.54, 1.807) is 12.0 Å². The fraction of sp³-hybridized carbons (Fsp3) is 0.617. The predicted molar refractivity (Wildman–Crippen MR) is 243 cm³/mol. The van der Waals surface area contributed by atoms with E-state index in [2.05, 4.69) is 85.3 Å². The summed E-state index contributed by atoms with van der Waals surface area (Å²) in [5.74, 6) is -2.35. The second-order valence-electron chi connectivity index (χ2n) is 19.1. The molecule has 1 aromatic rings. The number of amides is 1. The second kappa shape index (κ2) is 14.7. The molecular weight excluding hydrogens is 1020 g/mol. The van der Waals surface area contributed by atoms with Crippen molar-refractivity contribution >= 4 is 75.1 Å². The standard InChI is InChI=1S/C47H55I2N3O10/c1-7-42(57)21-27-22-44(40(55)59-5,31-16-28-17-34(48)35(49)18-30(28)29(31)10-14-50(23-27)24-42)33-19-32-36(20-37(33)58-4)52(25-53)47-45(32)12-15-51-13-9-11-43(8-2,38(45)51)39(61-26(3)54)46(47,62-47)41(56)60-6/h9,11,17-20,25,27,33,37-39,57H,7-8,10,12-16,21-24H2,1-6H3/t27-,33?,37?,38+,39-,42+,43-,44-,45-,46+,47+/m1/s1. The lowest BCUT2D eigenvalue weighted by molar-refractivity contribution is -0.183. The highest BCUT2D eigenvalue weighted by atomic mass is 127. The van der Waals surface area contributed by atoms with E-state index in [1.807, 2.05) is 19.9 Å². The Kier molecular flexibility index (Phi) is 10.2. The molecule has 1 N–H and O–H groups in total. The van der Waals surface area contributed by atoms with E-state index >= 15 is 4.79 Å². The van der Waals surface area contributed by atoms with Gasteiger partial charge in [-0.3, -0.25) is 29.1 Å². The van der Waals surface area contributed by atoms with Gasteiger partial charge in [-0.05, 0) is 149 Å². The van der Waals surface area contributed by atoms with Crippen LogP contribution in [0.3, 0.4) is 0 Å². The highest BCUT2D eigenvalue weighted by Crippen LogP contribution is 2.82. The van der Waals surface area contributed by atoms with Crippen LogP contribution < -0.4 is 0 Å². The van der Waals surface area contributed by atoms with Crippen molar-refractivity contribution in [2.75, 3.05) is 54.1 Å². The molecule has 5 fully saturated rings. The molecule has 0 aromatic heterocycles. The van der Waals surface area contributed by atoms with Crippen molar-refractivity contribution in [1.29, 1.82) is 0 Å². The van der Waals surface area contributed by atoms with Crippen LogP contribution in [0.15, 0.2) is 53.3 Å². The van der Waals surface area contributed by atoms with Gasteiger partial charge in [0, 0.05) is 70.4 Å². The quantitative estimate of drug-likeness (QED) is 0.0917. The van der Waals surface area contributed by atoms with Crippen molar-refractivity contribution < 1.29 is 48.0 Å². The van der Waals surface area contributed by atoms with Gasteiger partial charge in [-0.15, -0.1) is 0 Å². The third-order valence-electron chi connectivity index (χ3n) is 16.8. The Morgan fingerprint density at radius 1 is 1.02 bits per heavy atom. The zero-order valence-corrected chi connectivity index (χ0v) is 40.4. The largest absolute Gasteiger partial charge is 0.468 e. The average molecular weight is 1080 g/mol. The van der Waals surface area contributed by atoms with Gasteiger partial charge < -0.3 is 28.8 Å². The monoisotopic (exact) mass is 1080 g/mol. The molecule has 2 spiro atoms. The van der Waals surface area contributed by atoms with Crippen molar-refractivity contribution in [2.24, 2.45) is 28.1 Å². The lowest BCUT2D eigenvalue weighted by atomic mass is 9.48. The van der Waals surface area contributed by atoms with Crippen LogP contribution in [0.4, 0.5) is 0 Å². The van der Waals surface area contributed by atoms with Gasteiger partial charge in [0.1, 0.15) is 0 Å². The van der Waals surface area contributed by atoms with E-state index in [1.165, 1.54) is 26.7 Å². The number of nitrogens with zero attached hydrogens (tertiary/aromatic N) is 3. The molecule has 3 unspecified atom stereocenters.